The molecule has 0 spiro atoms. The normalized spacial score (nSPS) is 27.7. The first-order chi connectivity index (χ1) is 10.4. The molecular formula is C20H35P. The van der Waals surface area contributed by atoms with E-state index in [4.69, 9.17) is 0 Å². The largest absolute Gasteiger partial charge is 0.0809 e. The maximum atomic E-state index is 2.80. The van der Waals surface area contributed by atoms with Gasteiger partial charge in [-0.05, 0) is 55.8 Å². The van der Waals surface area contributed by atoms with E-state index in [1.165, 1.54) is 70.6 Å². The molecule has 0 nitrogen and oxygen atoms in total. The van der Waals surface area contributed by atoms with Gasteiger partial charge >= 0.3 is 0 Å². The maximum absolute atomic E-state index is 2.80. The number of hydrogen-bond acceptors (Lipinski definition) is 0. The van der Waals surface area contributed by atoms with Crippen LogP contribution in [0.2, 0.25) is 0 Å². The van der Waals surface area contributed by atoms with Gasteiger partial charge in [0.25, 0.3) is 0 Å². The molecule has 1 heteroatoms. The summed E-state index contributed by atoms with van der Waals surface area (Å²) in [7, 11) is 0.198. The molecule has 0 amide bonds. The van der Waals surface area contributed by atoms with E-state index in [-0.39, 0.29) is 7.92 Å². The van der Waals surface area contributed by atoms with Gasteiger partial charge in [-0.15, -0.1) is 0 Å². The molecule has 3 aliphatic rings. The zero-order chi connectivity index (χ0) is 14.3. The Bertz CT molecular complexity index is 286. The van der Waals surface area contributed by atoms with Crippen molar-refractivity contribution in [3.63, 3.8) is 0 Å². The highest BCUT2D eigenvalue weighted by molar-refractivity contribution is 7.62. The minimum Gasteiger partial charge on any atom is -0.0809 e. The molecule has 21 heavy (non-hydrogen) atoms. The molecule has 0 aliphatic heterocycles. The highest BCUT2D eigenvalue weighted by atomic mass is 31.1. The zero-order valence-electron chi connectivity index (χ0n) is 13.9. The van der Waals surface area contributed by atoms with Crippen LogP contribution in [0.15, 0.2) is 11.9 Å². The lowest BCUT2D eigenvalue weighted by molar-refractivity contribution is 0.419. The molecule has 0 saturated heterocycles. The highest BCUT2D eigenvalue weighted by Gasteiger charge is 2.29. The minimum absolute atomic E-state index is 0.198. The Kier molecular flexibility index (Phi) is 6.65. The maximum Gasteiger partial charge on any atom is -0.0172 e. The van der Waals surface area contributed by atoms with Crippen molar-refractivity contribution in [2.45, 2.75) is 108 Å². The van der Waals surface area contributed by atoms with Gasteiger partial charge in [0.15, 0.2) is 0 Å². The molecule has 0 aromatic carbocycles. The lowest BCUT2D eigenvalue weighted by atomic mass is 9.90. The fourth-order valence-electron chi connectivity index (χ4n) is 4.85. The van der Waals surface area contributed by atoms with Gasteiger partial charge in [0, 0.05) is 0 Å². The van der Waals surface area contributed by atoms with E-state index in [0.29, 0.717) is 0 Å². The first-order valence-corrected chi connectivity index (χ1v) is 11.4. The summed E-state index contributed by atoms with van der Waals surface area (Å²) in [5.74, 6) is 3.74. The van der Waals surface area contributed by atoms with Crippen LogP contribution >= 0.6 is 7.92 Å². The molecular weight excluding hydrogens is 271 g/mol. The fourth-order valence-corrected chi connectivity index (χ4v) is 8.30. The van der Waals surface area contributed by atoms with Crippen LogP contribution in [-0.2, 0) is 0 Å². The van der Waals surface area contributed by atoms with E-state index >= 15 is 0 Å². The van der Waals surface area contributed by atoms with Gasteiger partial charge in [0.05, 0.1) is 0 Å². The predicted molar refractivity (Wildman–Crippen MR) is 96.4 cm³/mol. The minimum atomic E-state index is 0.198. The second-order valence-corrected chi connectivity index (χ2v) is 10.4. The zero-order valence-corrected chi connectivity index (χ0v) is 14.8. The second kappa shape index (κ2) is 8.71. The van der Waals surface area contributed by atoms with Crippen LogP contribution in [0.25, 0.3) is 0 Å². The molecule has 0 aromatic rings. The van der Waals surface area contributed by atoms with Crippen molar-refractivity contribution in [3.05, 3.63) is 11.9 Å². The Morgan fingerprint density at radius 2 is 0.952 bits per heavy atom. The summed E-state index contributed by atoms with van der Waals surface area (Å²) in [6.45, 7) is 0. The van der Waals surface area contributed by atoms with Crippen molar-refractivity contribution >= 4 is 7.92 Å². The highest BCUT2D eigenvalue weighted by Crippen LogP contribution is 2.57. The van der Waals surface area contributed by atoms with E-state index in [2.05, 4.69) is 11.9 Å². The molecule has 0 radical (unpaired) electrons. The van der Waals surface area contributed by atoms with Crippen molar-refractivity contribution in [2.24, 2.45) is 5.92 Å². The summed E-state index contributed by atoms with van der Waals surface area (Å²) in [5, 5.41) is 0. The first kappa shape index (κ1) is 16.0. The van der Waals surface area contributed by atoms with Crippen LogP contribution < -0.4 is 0 Å². The number of hydrogen-bond donors (Lipinski definition) is 0. The van der Waals surface area contributed by atoms with Crippen molar-refractivity contribution in [2.75, 3.05) is 0 Å². The van der Waals surface area contributed by atoms with E-state index in [0.717, 1.165) is 17.2 Å². The monoisotopic (exact) mass is 306 g/mol. The van der Waals surface area contributed by atoms with Gasteiger partial charge in [-0.2, -0.15) is 0 Å². The fraction of sp³-hybridized carbons (Fsp3) is 0.900. The number of rotatable bonds is 4. The van der Waals surface area contributed by atoms with Gasteiger partial charge < -0.3 is 0 Å². The summed E-state index contributed by atoms with van der Waals surface area (Å²) in [4.78, 5) is 0. The van der Waals surface area contributed by atoms with Crippen molar-refractivity contribution < 1.29 is 0 Å². The van der Waals surface area contributed by atoms with Crippen LogP contribution in [0.5, 0.6) is 0 Å². The topological polar surface area (TPSA) is 0 Å². The molecule has 0 heterocycles. The molecule has 120 valence electrons. The summed E-state index contributed by atoms with van der Waals surface area (Å²) in [6.07, 6.45) is 25.4. The SMILES string of the molecule is C(=CP(C1CCCCC1)C1CCCCC1)C1CCCCC1. The van der Waals surface area contributed by atoms with E-state index < -0.39 is 0 Å². The van der Waals surface area contributed by atoms with Gasteiger partial charge in [-0.3, -0.25) is 0 Å². The van der Waals surface area contributed by atoms with E-state index in [1.54, 1.807) is 25.7 Å². The summed E-state index contributed by atoms with van der Waals surface area (Å²) >= 11 is 0. The van der Waals surface area contributed by atoms with E-state index in [1.807, 2.05) is 0 Å². The Labute approximate surface area is 133 Å². The van der Waals surface area contributed by atoms with Gasteiger partial charge in [0.1, 0.15) is 0 Å². The summed E-state index contributed by atoms with van der Waals surface area (Å²) < 4.78 is 0. The summed E-state index contributed by atoms with van der Waals surface area (Å²) in [6, 6.07) is 0. The van der Waals surface area contributed by atoms with Crippen LogP contribution in [-0.4, -0.2) is 11.3 Å². The standard InChI is InChI=1S/C20H35P/c1-4-10-18(11-5-1)16-17-21(19-12-6-2-7-13-19)20-14-8-3-9-15-20/h16-20H,1-15H2. The Balaban J connectivity index is 1.63. The Morgan fingerprint density at radius 3 is 1.43 bits per heavy atom. The molecule has 3 saturated carbocycles. The van der Waals surface area contributed by atoms with Crippen LogP contribution in [0.1, 0.15) is 96.3 Å². The Hall–Kier alpha value is 0.170. The molecule has 0 bridgehead atoms. The lowest BCUT2D eigenvalue weighted by Crippen LogP contribution is -2.19. The molecule has 3 aliphatic carbocycles. The Morgan fingerprint density at radius 1 is 0.524 bits per heavy atom. The molecule has 0 N–H and O–H groups in total. The quantitative estimate of drug-likeness (QED) is 0.481. The van der Waals surface area contributed by atoms with Crippen LogP contribution in [0, 0.1) is 5.92 Å². The van der Waals surface area contributed by atoms with Crippen molar-refractivity contribution in [3.8, 4) is 0 Å². The molecule has 0 aromatic heterocycles. The molecule has 3 rings (SSSR count). The predicted octanol–water partition coefficient (Wildman–Crippen LogP) is 7.23. The van der Waals surface area contributed by atoms with Gasteiger partial charge in [-0.1, -0.05) is 77.6 Å². The third kappa shape index (κ3) is 4.82. The second-order valence-electron chi connectivity index (χ2n) is 7.77. The number of allylic oxidation sites excluding steroid dienone is 1. The third-order valence-electron chi connectivity index (χ3n) is 6.17. The lowest BCUT2D eigenvalue weighted by Gasteiger charge is -2.37. The molecule has 0 unspecified atom stereocenters. The molecule has 0 atom stereocenters. The van der Waals surface area contributed by atoms with Crippen LogP contribution in [0.3, 0.4) is 0 Å². The molecule has 3 fully saturated rings. The summed E-state index contributed by atoms with van der Waals surface area (Å²) in [5.41, 5.74) is 2.19. The average molecular weight is 306 g/mol. The van der Waals surface area contributed by atoms with Crippen molar-refractivity contribution in [1.29, 1.82) is 0 Å². The van der Waals surface area contributed by atoms with Gasteiger partial charge in [0.2, 0.25) is 0 Å². The van der Waals surface area contributed by atoms with Crippen LogP contribution in [0.4, 0.5) is 0 Å². The van der Waals surface area contributed by atoms with Gasteiger partial charge in [-0.25, -0.2) is 0 Å². The van der Waals surface area contributed by atoms with E-state index in [9.17, 15) is 0 Å². The smallest absolute Gasteiger partial charge is 0.0172 e. The van der Waals surface area contributed by atoms with Crippen molar-refractivity contribution in [1.82, 2.24) is 0 Å². The average Bonchev–Trinajstić information content (AvgIpc) is 2.58. The first-order valence-electron chi connectivity index (χ1n) is 9.89. The third-order valence-corrected chi connectivity index (χ3v) is 9.41.